The van der Waals surface area contributed by atoms with Crippen LogP contribution in [0.25, 0.3) is 0 Å². The number of carbonyl (C=O) groups excluding carboxylic acids is 1. The summed E-state index contributed by atoms with van der Waals surface area (Å²) in [7, 11) is 0. The zero-order chi connectivity index (χ0) is 13.9. The lowest BCUT2D eigenvalue weighted by Gasteiger charge is -2.36. The third-order valence-electron chi connectivity index (χ3n) is 4.85. The molecule has 2 rings (SSSR count). The first-order chi connectivity index (χ1) is 8.97. The molecule has 0 radical (unpaired) electrons. The fourth-order valence-electron chi connectivity index (χ4n) is 3.39. The predicted octanol–water partition coefficient (Wildman–Crippen LogP) is 3.13. The van der Waals surface area contributed by atoms with Crippen molar-refractivity contribution in [3.05, 3.63) is 0 Å². The van der Waals surface area contributed by atoms with Crippen molar-refractivity contribution in [2.45, 2.75) is 65.4 Å². The number of ether oxygens (including phenoxy) is 1. The molecule has 0 spiro atoms. The van der Waals surface area contributed by atoms with Crippen LogP contribution in [0.3, 0.4) is 0 Å². The summed E-state index contributed by atoms with van der Waals surface area (Å²) in [6, 6.07) is 0. The third-order valence-corrected chi connectivity index (χ3v) is 4.85. The Hall–Kier alpha value is -0.570. The number of nitrogens with one attached hydrogen (secondary N) is 1. The Morgan fingerprint density at radius 2 is 1.84 bits per heavy atom. The summed E-state index contributed by atoms with van der Waals surface area (Å²) in [6.45, 7) is 8.51. The summed E-state index contributed by atoms with van der Waals surface area (Å²) in [5, 5.41) is 3.08. The number of carbonyl (C=O) groups is 1. The van der Waals surface area contributed by atoms with Gasteiger partial charge in [-0.3, -0.25) is 4.79 Å². The van der Waals surface area contributed by atoms with Gasteiger partial charge in [-0.25, -0.2) is 0 Å². The van der Waals surface area contributed by atoms with Gasteiger partial charge in [0.1, 0.15) is 0 Å². The van der Waals surface area contributed by atoms with Gasteiger partial charge >= 0.3 is 0 Å². The van der Waals surface area contributed by atoms with Crippen LogP contribution in [0, 0.1) is 17.3 Å². The van der Waals surface area contributed by atoms with Crippen molar-refractivity contribution < 1.29 is 9.53 Å². The van der Waals surface area contributed by atoms with Gasteiger partial charge in [-0.1, -0.05) is 20.8 Å². The molecular formula is C16H29NO2. The molecule has 1 aliphatic carbocycles. The highest BCUT2D eigenvalue weighted by atomic mass is 16.5. The maximum Gasteiger partial charge on any atom is 0.223 e. The van der Waals surface area contributed by atoms with Gasteiger partial charge in [0.15, 0.2) is 0 Å². The van der Waals surface area contributed by atoms with Gasteiger partial charge in [0, 0.05) is 19.1 Å². The highest BCUT2D eigenvalue weighted by Crippen LogP contribution is 2.39. The van der Waals surface area contributed by atoms with Crippen molar-refractivity contribution in [2.75, 3.05) is 13.2 Å². The van der Waals surface area contributed by atoms with Crippen LogP contribution in [-0.4, -0.2) is 25.2 Å². The van der Waals surface area contributed by atoms with E-state index in [0.29, 0.717) is 12.0 Å². The van der Waals surface area contributed by atoms with E-state index >= 15 is 0 Å². The van der Waals surface area contributed by atoms with E-state index in [2.05, 4.69) is 26.1 Å². The summed E-state index contributed by atoms with van der Waals surface area (Å²) >= 11 is 0. The molecular weight excluding hydrogens is 238 g/mol. The first-order valence-electron chi connectivity index (χ1n) is 7.86. The number of rotatable bonds is 3. The minimum absolute atomic E-state index is 0.236. The monoisotopic (exact) mass is 267 g/mol. The number of hydrogen-bond acceptors (Lipinski definition) is 2. The highest BCUT2D eigenvalue weighted by Gasteiger charge is 2.32. The molecule has 1 atom stereocenters. The van der Waals surface area contributed by atoms with E-state index in [1.165, 1.54) is 12.8 Å². The summed E-state index contributed by atoms with van der Waals surface area (Å²) in [5.41, 5.74) is 0.388. The molecule has 2 fully saturated rings. The van der Waals surface area contributed by atoms with E-state index in [0.717, 1.165) is 38.2 Å². The normalized spacial score (nSPS) is 32.3. The molecule has 110 valence electrons. The van der Waals surface area contributed by atoms with E-state index < -0.39 is 0 Å². The van der Waals surface area contributed by atoms with Crippen LogP contribution in [0.1, 0.15) is 59.3 Å². The van der Waals surface area contributed by atoms with Gasteiger partial charge in [-0.2, -0.15) is 0 Å². The zero-order valence-corrected chi connectivity index (χ0v) is 12.7. The molecule has 19 heavy (non-hydrogen) atoms. The van der Waals surface area contributed by atoms with Crippen molar-refractivity contribution >= 4 is 5.91 Å². The molecule has 1 heterocycles. The second kappa shape index (κ2) is 6.25. The molecule has 2 aliphatic rings. The summed E-state index contributed by atoms with van der Waals surface area (Å²) < 4.78 is 5.54. The van der Waals surface area contributed by atoms with Gasteiger partial charge in [0.2, 0.25) is 5.91 Å². The third kappa shape index (κ3) is 4.20. The smallest absolute Gasteiger partial charge is 0.223 e. The van der Waals surface area contributed by atoms with Crippen LogP contribution >= 0.6 is 0 Å². The SMILES string of the molecule is CC(C)(C)C1CCC(C(=O)NC[C@H]2CCCO2)CC1. The molecule has 0 aromatic rings. The molecule has 0 bridgehead atoms. The highest BCUT2D eigenvalue weighted by molar-refractivity contribution is 5.78. The molecule has 1 saturated carbocycles. The molecule has 1 N–H and O–H groups in total. The fraction of sp³-hybridized carbons (Fsp3) is 0.938. The Labute approximate surface area is 117 Å². The maximum absolute atomic E-state index is 12.1. The van der Waals surface area contributed by atoms with E-state index in [1.807, 2.05) is 0 Å². The summed E-state index contributed by atoms with van der Waals surface area (Å²) in [5.74, 6) is 1.26. The van der Waals surface area contributed by atoms with Crippen LogP contribution in [-0.2, 0) is 9.53 Å². The quantitative estimate of drug-likeness (QED) is 0.853. The van der Waals surface area contributed by atoms with Crippen molar-refractivity contribution in [2.24, 2.45) is 17.3 Å². The minimum Gasteiger partial charge on any atom is -0.376 e. The lowest BCUT2D eigenvalue weighted by atomic mass is 9.69. The van der Waals surface area contributed by atoms with Crippen LogP contribution in [0.2, 0.25) is 0 Å². The molecule has 3 heteroatoms. The fourth-order valence-corrected chi connectivity index (χ4v) is 3.39. The molecule has 0 unspecified atom stereocenters. The van der Waals surface area contributed by atoms with Crippen molar-refractivity contribution in [3.63, 3.8) is 0 Å². The van der Waals surface area contributed by atoms with Gasteiger partial charge in [-0.15, -0.1) is 0 Å². The lowest BCUT2D eigenvalue weighted by Crippen LogP contribution is -2.38. The second-order valence-electron chi connectivity index (χ2n) is 7.29. The molecule has 1 amide bonds. The molecule has 1 aliphatic heterocycles. The standard InChI is InChI=1S/C16H29NO2/c1-16(2,3)13-8-6-12(7-9-13)15(18)17-11-14-5-4-10-19-14/h12-14H,4-11H2,1-3H3,(H,17,18)/t12?,13?,14-/m1/s1. The van der Waals surface area contributed by atoms with Crippen molar-refractivity contribution in [1.29, 1.82) is 0 Å². The van der Waals surface area contributed by atoms with Gasteiger partial charge in [0.25, 0.3) is 0 Å². The molecule has 3 nitrogen and oxygen atoms in total. The van der Waals surface area contributed by atoms with Gasteiger partial charge in [-0.05, 0) is 49.9 Å². The topological polar surface area (TPSA) is 38.3 Å². The van der Waals surface area contributed by atoms with Crippen LogP contribution in [0.4, 0.5) is 0 Å². The van der Waals surface area contributed by atoms with Crippen LogP contribution in [0.5, 0.6) is 0 Å². The van der Waals surface area contributed by atoms with Crippen molar-refractivity contribution in [3.8, 4) is 0 Å². The minimum atomic E-state index is 0.236. The largest absolute Gasteiger partial charge is 0.376 e. The van der Waals surface area contributed by atoms with Crippen molar-refractivity contribution in [1.82, 2.24) is 5.32 Å². The second-order valence-corrected chi connectivity index (χ2v) is 7.29. The van der Waals surface area contributed by atoms with E-state index in [9.17, 15) is 4.79 Å². The molecule has 0 aromatic heterocycles. The first kappa shape index (κ1) is 14.8. The van der Waals surface area contributed by atoms with E-state index in [1.54, 1.807) is 0 Å². The van der Waals surface area contributed by atoms with Crippen LogP contribution < -0.4 is 5.32 Å². The Bertz CT molecular complexity index is 294. The zero-order valence-electron chi connectivity index (χ0n) is 12.7. The van der Waals surface area contributed by atoms with E-state index in [4.69, 9.17) is 4.74 Å². The number of hydrogen-bond donors (Lipinski definition) is 1. The summed E-state index contributed by atoms with van der Waals surface area (Å²) in [6.07, 6.45) is 6.99. The van der Waals surface area contributed by atoms with Gasteiger partial charge in [0.05, 0.1) is 6.10 Å². The van der Waals surface area contributed by atoms with Crippen LogP contribution in [0.15, 0.2) is 0 Å². The Morgan fingerprint density at radius 1 is 1.16 bits per heavy atom. The Morgan fingerprint density at radius 3 is 2.37 bits per heavy atom. The maximum atomic E-state index is 12.1. The average Bonchev–Trinajstić information content (AvgIpc) is 2.88. The average molecular weight is 267 g/mol. The summed E-state index contributed by atoms with van der Waals surface area (Å²) in [4.78, 5) is 12.1. The first-order valence-corrected chi connectivity index (χ1v) is 7.86. The van der Waals surface area contributed by atoms with Gasteiger partial charge < -0.3 is 10.1 Å². The lowest BCUT2D eigenvalue weighted by molar-refractivity contribution is -0.127. The Balaban J connectivity index is 1.70. The predicted molar refractivity (Wildman–Crippen MR) is 76.9 cm³/mol. The van der Waals surface area contributed by atoms with E-state index in [-0.39, 0.29) is 17.9 Å². The Kier molecular flexibility index (Phi) is 4.88. The molecule has 0 aromatic carbocycles. The number of amides is 1. The molecule has 1 saturated heterocycles.